The summed E-state index contributed by atoms with van der Waals surface area (Å²) < 4.78 is 22.8. The number of benzene rings is 2. The maximum absolute atomic E-state index is 12.9. The fraction of sp³-hybridized carbons (Fsp3) is 0.174. The molecule has 8 nitrogen and oxygen atoms in total. The van der Waals surface area contributed by atoms with Crippen molar-refractivity contribution in [2.24, 2.45) is 0 Å². The molecule has 0 radical (unpaired) electrons. The van der Waals surface area contributed by atoms with Gasteiger partial charge >= 0.3 is 5.97 Å². The monoisotopic (exact) mass is 419 g/mol. The molecule has 4 aromatic rings. The summed E-state index contributed by atoms with van der Waals surface area (Å²) in [7, 11) is 3.13. The second-order valence-electron chi connectivity index (χ2n) is 6.75. The van der Waals surface area contributed by atoms with Gasteiger partial charge in [0.1, 0.15) is 18.1 Å². The molecule has 0 amide bonds. The number of carbonyl (C=O) groups excluding carboxylic acids is 1. The Bertz CT molecular complexity index is 1200. The quantitative estimate of drug-likeness (QED) is 0.415. The van der Waals surface area contributed by atoms with Crippen molar-refractivity contribution in [1.29, 1.82) is 0 Å². The molecule has 0 aliphatic rings. The molecule has 0 saturated carbocycles. The van der Waals surface area contributed by atoms with Gasteiger partial charge in [0, 0.05) is 17.8 Å². The van der Waals surface area contributed by atoms with Crippen LogP contribution in [-0.4, -0.2) is 35.1 Å². The molecule has 2 heterocycles. The summed E-state index contributed by atoms with van der Waals surface area (Å²) in [6.07, 6.45) is 1.79. The summed E-state index contributed by atoms with van der Waals surface area (Å²) >= 11 is 0. The van der Waals surface area contributed by atoms with Gasteiger partial charge in [0.25, 0.3) is 0 Å². The van der Waals surface area contributed by atoms with E-state index in [1.165, 1.54) is 0 Å². The van der Waals surface area contributed by atoms with E-state index in [9.17, 15) is 4.79 Å². The lowest BCUT2D eigenvalue weighted by Crippen LogP contribution is -2.08. The second-order valence-corrected chi connectivity index (χ2v) is 6.75. The van der Waals surface area contributed by atoms with Gasteiger partial charge in [0.05, 0.1) is 19.9 Å². The molecule has 0 saturated heterocycles. The Morgan fingerprint density at radius 3 is 2.48 bits per heavy atom. The molecule has 2 aromatic heterocycles. The molecular formula is C23H21N3O5. The molecule has 0 N–H and O–H groups in total. The van der Waals surface area contributed by atoms with Crippen molar-refractivity contribution >= 4 is 5.97 Å². The molecule has 2 aromatic carbocycles. The van der Waals surface area contributed by atoms with Crippen molar-refractivity contribution in [3.8, 4) is 28.3 Å². The number of para-hydroxylation sites is 1. The lowest BCUT2D eigenvalue weighted by atomic mass is 10.1. The Morgan fingerprint density at radius 2 is 1.81 bits per heavy atom. The topological polar surface area (TPSA) is 88.6 Å². The number of aromatic nitrogens is 3. The predicted octanol–water partition coefficient (Wildman–Crippen LogP) is 4.21. The van der Waals surface area contributed by atoms with Crippen LogP contribution in [0.3, 0.4) is 0 Å². The van der Waals surface area contributed by atoms with Crippen molar-refractivity contribution in [1.82, 2.24) is 14.9 Å². The first kappa shape index (κ1) is 20.2. The van der Waals surface area contributed by atoms with Gasteiger partial charge in [-0.25, -0.2) is 9.48 Å². The van der Waals surface area contributed by atoms with E-state index in [2.05, 4.69) is 10.3 Å². The van der Waals surface area contributed by atoms with Gasteiger partial charge in [-0.2, -0.15) is 5.10 Å². The van der Waals surface area contributed by atoms with Crippen molar-refractivity contribution in [2.75, 3.05) is 14.2 Å². The van der Waals surface area contributed by atoms with Crippen LogP contribution in [0.1, 0.15) is 21.9 Å². The number of methoxy groups -OCH3 is 2. The number of ether oxygens (including phenoxy) is 3. The molecule has 0 atom stereocenters. The number of aryl methyl sites for hydroxylation is 1. The third-order valence-electron chi connectivity index (χ3n) is 4.65. The first-order chi connectivity index (χ1) is 15.1. The van der Waals surface area contributed by atoms with E-state index < -0.39 is 5.97 Å². The Labute approximate surface area is 179 Å². The van der Waals surface area contributed by atoms with Crippen LogP contribution in [0.4, 0.5) is 0 Å². The van der Waals surface area contributed by atoms with Crippen LogP contribution in [0, 0.1) is 6.92 Å². The fourth-order valence-electron chi connectivity index (χ4n) is 3.15. The van der Waals surface area contributed by atoms with Crippen molar-refractivity contribution in [3.63, 3.8) is 0 Å². The molecule has 0 unspecified atom stereocenters. The normalized spacial score (nSPS) is 10.7. The van der Waals surface area contributed by atoms with Crippen LogP contribution in [-0.2, 0) is 11.3 Å². The highest BCUT2D eigenvalue weighted by Crippen LogP contribution is 2.34. The van der Waals surface area contributed by atoms with Gasteiger partial charge in [-0.1, -0.05) is 29.4 Å². The summed E-state index contributed by atoms with van der Waals surface area (Å²) in [5.41, 5.74) is 2.86. The minimum Gasteiger partial charge on any atom is -0.493 e. The molecule has 0 aliphatic heterocycles. The van der Waals surface area contributed by atoms with E-state index in [1.807, 2.05) is 36.4 Å². The fourth-order valence-corrected chi connectivity index (χ4v) is 3.15. The van der Waals surface area contributed by atoms with E-state index in [0.717, 1.165) is 11.3 Å². The predicted molar refractivity (Wildman–Crippen MR) is 112 cm³/mol. The van der Waals surface area contributed by atoms with E-state index >= 15 is 0 Å². The van der Waals surface area contributed by atoms with Crippen molar-refractivity contribution in [3.05, 3.63) is 77.9 Å². The van der Waals surface area contributed by atoms with Gasteiger partial charge in [-0.15, -0.1) is 0 Å². The zero-order valence-corrected chi connectivity index (χ0v) is 17.4. The van der Waals surface area contributed by atoms with E-state index in [-0.39, 0.29) is 12.3 Å². The summed E-state index contributed by atoms with van der Waals surface area (Å²) in [5, 5.41) is 8.35. The van der Waals surface area contributed by atoms with E-state index in [0.29, 0.717) is 28.5 Å². The molecule has 0 fully saturated rings. The summed E-state index contributed by atoms with van der Waals surface area (Å²) in [6.45, 7) is 1.76. The first-order valence-corrected chi connectivity index (χ1v) is 9.56. The number of nitrogens with zero attached hydrogens (tertiary/aromatic N) is 3. The first-order valence-electron chi connectivity index (χ1n) is 9.56. The highest BCUT2D eigenvalue weighted by molar-refractivity contribution is 5.95. The molecule has 31 heavy (non-hydrogen) atoms. The van der Waals surface area contributed by atoms with Crippen molar-refractivity contribution < 1.29 is 23.5 Å². The van der Waals surface area contributed by atoms with Gasteiger partial charge in [-0.3, -0.25) is 0 Å². The third-order valence-corrected chi connectivity index (χ3v) is 4.65. The smallest absolute Gasteiger partial charge is 0.359 e. The number of carbonyl (C=O) groups is 1. The van der Waals surface area contributed by atoms with Gasteiger partial charge in [0.15, 0.2) is 17.2 Å². The molecule has 0 spiro atoms. The van der Waals surface area contributed by atoms with Gasteiger partial charge < -0.3 is 18.7 Å². The zero-order chi connectivity index (χ0) is 21.8. The minimum absolute atomic E-state index is 0.0141. The largest absolute Gasteiger partial charge is 0.493 e. The van der Waals surface area contributed by atoms with Crippen molar-refractivity contribution in [2.45, 2.75) is 13.5 Å². The maximum Gasteiger partial charge on any atom is 0.359 e. The SMILES string of the molecule is COc1ccc(-c2cn(-c3ccccc3)nc2C(=O)OCc2cc(C)on2)cc1OC. The molecule has 158 valence electrons. The highest BCUT2D eigenvalue weighted by atomic mass is 16.5. The Kier molecular flexibility index (Phi) is 5.70. The van der Waals surface area contributed by atoms with Gasteiger partial charge in [-0.05, 0) is 36.8 Å². The second kappa shape index (κ2) is 8.74. The summed E-state index contributed by atoms with van der Waals surface area (Å²) in [6, 6.07) is 16.6. The lowest BCUT2D eigenvalue weighted by molar-refractivity contribution is 0.0457. The van der Waals surface area contributed by atoms with Crippen LogP contribution < -0.4 is 9.47 Å². The summed E-state index contributed by atoms with van der Waals surface area (Å²) in [4.78, 5) is 12.9. The average molecular weight is 419 g/mol. The number of esters is 1. The van der Waals surface area contributed by atoms with E-state index in [4.69, 9.17) is 18.7 Å². The minimum atomic E-state index is -0.569. The van der Waals surface area contributed by atoms with Crippen LogP contribution >= 0.6 is 0 Å². The Morgan fingerprint density at radius 1 is 1.03 bits per heavy atom. The molecule has 0 bridgehead atoms. The van der Waals surface area contributed by atoms with Crippen LogP contribution in [0.5, 0.6) is 11.5 Å². The highest BCUT2D eigenvalue weighted by Gasteiger charge is 2.22. The molecule has 0 aliphatic carbocycles. The number of hydrogen-bond acceptors (Lipinski definition) is 7. The molecular weight excluding hydrogens is 398 g/mol. The van der Waals surface area contributed by atoms with E-state index in [1.54, 1.807) is 50.2 Å². The Hall–Kier alpha value is -4.07. The molecule has 8 heteroatoms. The number of rotatable bonds is 7. The third kappa shape index (κ3) is 4.28. The van der Waals surface area contributed by atoms with Gasteiger partial charge in [0.2, 0.25) is 0 Å². The maximum atomic E-state index is 12.9. The standard InChI is InChI=1S/C23H21N3O5/c1-15-11-17(25-31-15)14-30-23(27)22-19(13-26(24-22)18-7-5-4-6-8-18)16-9-10-20(28-2)21(12-16)29-3/h4-13H,14H2,1-3H3. The molecule has 4 rings (SSSR count). The van der Waals surface area contributed by atoms with Crippen LogP contribution in [0.2, 0.25) is 0 Å². The average Bonchev–Trinajstić information content (AvgIpc) is 3.44. The lowest BCUT2D eigenvalue weighted by Gasteiger charge is -2.09. The summed E-state index contributed by atoms with van der Waals surface area (Å²) in [5.74, 6) is 1.21. The van der Waals surface area contributed by atoms with Crippen LogP contribution in [0.25, 0.3) is 16.8 Å². The van der Waals surface area contributed by atoms with Crippen LogP contribution in [0.15, 0.2) is 65.3 Å². The number of hydrogen-bond donors (Lipinski definition) is 0. The Balaban J connectivity index is 1.72. The zero-order valence-electron chi connectivity index (χ0n) is 17.4.